The summed E-state index contributed by atoms with van der Waals surface area (Å²) in [5.41, 5.74) is 2.29. The monoisotopic (exact) mass is 903 g/mol. The lowest BCUT2D eigenvalue weighted by molar-refractivity contribution is -0.157. The lowest BCUT2D eigenvalue weighted by Gasteiger charge is -2.38. The standard InChI is InChI=1S/C44H70N8O12/c1-24(2)33(38(59)46-23-31(45)54)51-39(60)34(25(3)4)50-37(58)30(22-32(55)63-42(6,7)8)48-40(61)44(19-13-12-14-20-44)52-35(56)26(5)47-36(57)29(49-41(62)64-43(9,10)11)21-27-15-17-28(53)18-16-27/h15-18,24-26,29-30,33-34,53H,12-14,19-23H2,1-11H3,(H2,45,54)(H,46,59)(H,47,57)(H,48,61)(H,49,62)(H,50,58)(H,51,60)(H,52,56)/t26-,29+,30+,33+,34+/m1/s1. The van der Waals surface area contributed by atoms with Crippen molar-refractivity contribution in [2.24, 2.45) is 17.6 Å². The Morgan fingerprint density at radius 1 is 0.656 bits per heavy atom. The molecule has 20 nitrogen and oxygen atoms in total. The molecule has 0 aliphatic heterocycles. The molecular formula is C44H70N8O12. The lowest BCUT2D eigenvalue weighted by atomic mass is 9.80. The van der Waals surface area contributed by atoms with E-state index in [1.54, 1.807) is 81.4 Å². The second-order valence-corrected chi connectivity index (χ2v) is 18.9. The summed E-state index contributed by atoms with van der Waals surface area (Å²) in [6, 6.07) is -0.481. The number of hydrogen-bond acceptors (Lipinski definition) is 12. The summed E-state index contributed by atoms with van der Waals surface area (Å²) in [5, 5.41) is 27.9. The average Bonchev–Trinajstić information content (AvgIpc) is 3.16. The quantitative estimate of drug-likeness (QED) is 0.0836. The third-order valence-corrected chi connectivity index (χ3v) is 9.98. The first kappa shape index (κ1) is 54.2. The van der Waals surface area contributed by atoms with Crippen LogP contribution in [0.4, 0.5) is 4.79 Å². The van der Waals surface area contributed by atoms with Gasteiger partial charge in [0.15, 0.2) is 0 Å². The van der Waals surface area contributed by atoms with Gasteiger partial charge >= 0.3 is 12.1 Å². The van der Waals surface area contributed by atoms with Crippen LogP contribution in [-0.4, -0.2) is 112 Å². The fourth-order valence-electron chi connectivity index (χ4n) is 6.72. The third-order valence-electron chi connectivity index (χ3n) is 9.98. The number of hydrogen-bond donors (Lipinski definition) is 9. The predicted octanol–water partition coefficient (Wildman–Crippen LogP) is 1.25. The first-order valence-corrected chi connectivity index (χ1v) is 21.6. The summed E-state index contributed by atoms with van der Waals surface area (Å²) >= 11 is 0. The van der Waals surface area contributed by atoms with Crippen molar-refractivity contribution in [1.82, 2.24) is 37.2 Å². The molecule has 0 radical (unpaired) electrons. The number of benzene rings is 1. The molecule has 0 spiro atoms. The number of esters is 1. The van der Waals surface area contributed by atoms with Crippen LogP contribution in [0.5, 0.6) is 5.75 Å². The number of primary amides is 1. The first-order valence-electron chi connectivity index (χ1n) is 21.6. The minimum atomic E-state index is -1.61. The summed E-state index contributed by atoms with van der Waals surface area (Å²) < 4.78 is 10.8. The van der Waals surface area contributed by atoms with E-state index in [0.29, 0.717) is 18.4 Å². The van der Waals surface area contributed by atoms with E-state index in [0.717, 1.165) is 6.42 Å². The molecule has 0 unspecified atom stereocenters. The van der Waals surface area contributed by atoms with Gasteiger partial charge in [-0.2, -0.15) is 0 Å². The fourth-order valence-corrected chi connectivity index (χ4v) is 6.72. The molecule has 1 aliphatic carbocycles. The number of rotatable bonds is 20. The van der Waals surface area contributed by atoms with Crippen molar-refractivity contribution in [3.05, 3.63) is 29.8 Å². The van der Waals surface area contributed by atoms with Gasteiger partial charge in [-0.1, -0.05) is 59.1 Å². The maximum atomic E-state index is 14.4. The molecule has 64 heavy (non-hydrogen) atoms. The Hall–Kier alpha value is -5.95. The number of amides is 8. The number of phenols is 1. The van der Waals surface area contributed by atoms with Crippen LogP contribution in [-0.2, 0) is 54.3 Å². The zero-order valence-electron chi connectivity index (χ0n) is 39.0. The van der Waals surface area contributed by atoms with Crippen molar-refractivity contribution in [3.63, 3.8) is 0 Å². The Bertz CT molecular complexity index is 1830. The molecule has 5 atom stereocenters. The Balaban J connectivity index is 2.39. The van der Waals surface area contributed by atoms with Gasteiger partial charge in [0.1, 0.15) is 52.7 Å². The number of carbonyl (C=O) groups is 9. The van der Waals surface area contributed by atoms with Gasteiger partial charge in [0.05, 0.1) is 13.0 Å². The minimum Gasteiger partial charge on any atom is -0.508 e. The van der Waals surface area contributed by atoms with Crippen LogP contribution in [0.2, 0.25) is 0 Å². The van der Waals surface area contributed by atoms with Gasteiger partial charge in [0, 0.05) is 6.42 Å². The van der Waals surface area contributed by atoms with Crippen LogP contribution in [0, 0.1) is 11.8 Å². The van der Waals surface area contributed by atoms with Crippen LogP contribution in [0.1, 0.15) is 120 Å². The molecule has 0 saturated heterocycles. The highest BCUT2D eigenvalue weighted by Gasteiger charge is 2.44. The minimum absolute atomic E-state index is 0.00208. The zero-order chi connectivity index (χ0) is 48.7. The van der Waals surface area contributed by atoms with Crippen molar-refractivity contribution in [2.45, 2.75) is 168 Å². The van der Waals surface area contributed by atoms with Gasteiger partial charge in [-0.05, 0) is 90.8 Å². The summed E-state index contributed by atoms with van der Waals surface area (Å²) in [7, 11) is 0. The maximum Gasteiger partial charge on any atom is 0.408 e. The Labute approximate surface area is 375 Å². The van der Waals surface area contributed by atoms with E-state index in [9.17, 15) is 48.3 Å². The molecule has 1 saturated carbocycles. The van der Waals surface area contributed by atoms with Gasteiger partial charge in [-0.3, -0.25) is 38.4 Å². The lowest BCUT2D eigenvalue weighted by Crippen LogP contribution is -2.66. The second-order valence-electron chi connectivity index (χ2n) is 18.9. The normalized spacial score (nSPS) is 16.1. The van der Waals surface area contributed by atoms with Gasteiger partial charge in [-0.25, -0.2) is 4.79 Å². The highest BCUT2D eigenvalue weighted by Crippen LogP contribution is 2.29. The van der Waals surface area contributed by atoms with Crippen molar-refractivity contribution in [1.29, 1.82) is 0 Å². The number of alkyl carbamates (subject to hydrolysis) is 1. The molecule has 0 bridgehead atoms. The van der Waals surface area contributed by atoms with E-state index in [1.165, 1.54) is 19.1 Å². The molecule has 8 amide bonds. The summed E-state index contributed by atoms with van der Waals surface area (Å²) in [5.74, 6) is -7.29. The van der Waals surface area contributed by atoms with E-state index in [1.807, 2.05) is 0 Å². The summed E-state index contributed by atoms with van der Waals surface area (Å²) in [6.45, 7) is 17.4. The molecule has 358 valence electrons. The number of nitrogens with two attached hydrogens (primary N) is 1. The number of carbonyl (C=O) groups excluding carboxylic acids is 9. The number of aromatic hydroxyl groups is 1. The highest BCUT2D eigenvalue weighted by molar-refractivity contribution is 5.99. The largest absolute Gasteiger partial charge is 0.508 e. The fraction of sp³-hybridized carbons (Fsp3) is 0.659. The van der Waals surface area contributed by atoms with Crippen LogP contribution in [0.15, 0.2) is 24.3 Å². The van der Waals surface area contributed by atoms with Crippen molar-refractivity contribution >= 4 is 53.4 Å². The second kappa shape index (κ2) is 23.7. The molecule has 1 aromatic carbocycles. The Morgan fingerprint density at radius 3 is 1.69 bits per heavy atom. The van der Waals surface area contributed by atoms with E-state index in [-0.39, 0.29) is 25.0 Å². The van der Waals surface area contributed by atoms with Crippen molar-refractivity contribution in [3.8, 4) is 5.75 Å². The number of nitrogens with one attached hydrogen (secondary N) is 7. The van der Waals surface area contributed by atoms with Gasteiger partial charge in [-0.15, -0.1) is 0 Å². The summed E-state index contributed by atoms with van der Waals surface area (Å²) in [6.07, 6.45) is 0.457. The molecule has 0 heterocycles. The Kier molecular flexibility index (Phi) is 20.0. The van der Waals surface area contributed by atoms with Gasteiger partial charge in [0.25, 0.3) is 0 Å². The van der Waals surface area contributed by atoms with Crippen molar-refractivity contribution < 1.29 is 57.7 Å². The van der Waals surface area contributed by atoms with Gasteiger partial charge in [0.2, 0.25) is 41.4 Å². The van der Waals surface area contributed by atoms with Crippen LogP contribution in [0.25, 0.3) is 0 Å². The predicted molar refractivity (Wildman–Crippen MR) is 235 cm³/mol. The molecule has 0 aromatic heterocycles. The van der Waals surface area contributed by atoms with E-state index in [4.69, 9.17) is 15.2 Å². The SMILES string of the molecule is CC(C)[C@H](NC(=O)[C@H](CC(=O)OC(C)(C)C)NC(=O)C1(NC(=O)[C@@H](C)NC(=O)[C@H](Cc2ccc(O)cc2)NC(=O)OC(C)(C)C)CCCCC1)C(=O)N[C@H](C(=O)NCC(N)=O)C(C)C. The third kappa shape index (κ3) is 18.4. The summed E-state index contributed by atoms with van der Waals surface area (Å²) in [4.78, 5) is 120. The van der Waals surface area contributed by atoms with Crippen LogP contribution < -0.4 is 43.0 Å². The first-order chi connectivity index (χ1) is 29.5. The zero-order valence-corrected chi connectivity index (χ0v) is 39.0. The molecule has 1 aromatic rings. The molecule has 2 rings (SSSR count). The van der Waals surface area contributed by atoms with E-state index < -0.39 is 125 Å². The maximum absolute atomic E-state index is 14.4. The molecule has 1 aliphatic rings. The number of phenolic OH excluding ortho intramolecular Hbond substituents is 1. The Morgan fingerprint density at radius 2 is 1.17 bits per heavy atom. The topological polar surface area (TPSA) is 303 Å². The van der Waals surface area contributed by atoms with Crippen LogP contribution in [0.3, 0.4) is 0 Å². The molecule has 1 fully saturated rings. The molecule has 20 heteroatoms. The molecule has 10 N–H and O–H groups in total. The van der Waals surface area contributed by atoms with Gasteiger partial charge < -0.3 is 57.5 Å². The van der Waals surface area contributed by atoms with Crippen molar-refractivity contribution in [2.75, 3.05) is 6.54 Å². The highest BCUT2D eigenvalue weighted by atomic mass is 16.6. The van der Waals surface area contributed by atoms with E-state index >= 15 is 0 Å². The number of ether oxygens (including phenoxy) is 2. The smallest absolute Gasteiger partial charge is 0.408 e. The molecular weight excluding hydrogens is 833 g/mol. The van der Waals surface area contributed by atoms with Crippen LogP contribution >= 0.6 is 0 Å². The van der Waals surface area contributed by atoms with E-state index in [2.05, 4.69) is 37.2 Å². The average molecular weight is 903 g/mol.